The smallest absolute Gasteiger partial charge is 0.271 e. The van der Waals surface area contributed by atoms with E-state index in [0.29, 0.717) is 23.0 Å². The number of benzene rings is 1. The molecule has 1 aliphatic rings. The molecule has 0 aliphatic heterocycles. The van der Waals surface area contributed by atoms with E-state index in [1.165, 1.54) is 0 Å². The summed E-state index contributed by atoms with van der Waals surface area (Å²) in [5.74, 6) is 0.719. The van der Waals surface area contributed by atoms with Gasteiger partial charge in [-0.15, -0.1) is 0 Å². The quantitative estimate of drug-likeness (QED) is 0.778. The van der Waals surface area contributed by atoms with Gasteiger partial charge in [0.25, 0.3) is 5.91 Å². The van der Waals surface area contributed by atoms with Crippen molar-refractivity contribution >= 4 is 11.6 Å². The number of nitriles is 1. The highest BCUT2D eigenvalue weighted by atomic mass is 16.5. The Bertz CT molecular complexity index is 919. The van der Waals surface area contributed by atoms with Crippen LogP contribution in [0.25, 0.3) is 0 Å². The molecule has 3 rings (SSSR count). The maximum atomic E-state index is 12.5. The average Bonchev–Trinajstić information content (AvgIpc) is 2.78. The molecule has 1 aromatic heterocycles. The molecule has 1 aliphatic carbocycles. The number of aromatic nitrogens is 2. The lowest BCUT2D eigenvalue weighted by Crippen LogP contribution is -2.43. The number of carbonyl (C=O) groups excluding carboxylic acids is 1. The van der Waals surface area contributed by atoms with Gasteiger partial charge in [-0.1, -0.05) is 13.8 Å². The molecule has 0 saturated heterocycles. The van der Waals surface area contributed by atoms with Crippen LogP contribution in [-0.4, -0.2) is 42.1 Å². The van der Waals surface area contributed by atoms with E-state index >= 15 is 0 Å². The summed E-state index contributed by atoms with van der Waals surface area (Å²) in [6.45, 7) is 4.10. The molecule has 0 unspecified atom stereocenters. The van der Waals surface area contributed by atoms with Crippen LogP contribution in [0.4, 0.5) is 5.69 Å². The number of rotatable bonds is 6. The molecule has 2 aromatic rings. The Balaban J connectivity index is 0.00000341. The lowest BCUT2D eigenvalue weighted by molar-refractivity contribution is 0.0920. The van der Waals surface area contributed by atoms with E-state index < -0.39 is 0 Å². The van der Waals surface area contributed by atoms with Crippen LogP contribution in [0, 0.1) is 11.3 Å². The van der Waals surface area contributed by atoms with Crippen molar-refractivity contribution in [3.63, 3.8) is 0 Å². The monoisotopic (exact) mass is 409 g/mol. The van der Waals surface area contributed by atoms with E-state index in [0.717, 1.165) is 37.1 Å². The van der Waals surface area contributed by atoms with Crippen LogP contribution in [0.3, 0.4) is 0 Å². The minimum Gasteiger partial charge on any atom is -0.495 e. The van der Waals surface area contributed by atoms with E-state index in [2.05, 4.69) is 33.3 Å². The number of nitrogens with zero attached hydrogens (tertiary/aromatic N) is 4. The molecule has 1 N–H and O–H groups in total. The normalized spacial score (nSPS) is 18.5. The first-order valence-corrected chi connectivity index (χ1v) is 10.4. The summed E-state index contributed by atoms with van der Waals surface area (Å²) in [6, 6.07) is 8.32. The first-order chi connectivity index (χ1) is 14.4. The molecule has 0 radical (unpaired) electrons. The highest BCUT2D eigenvalue weighted by Gasteiger charge is 2.26. The second-order valence-electron chi connectivity index (χ2n) is 8.07. The van der Waals surface area contributed by atoms with Crippen molar-refractivity contribution in [2.75, 3.05) is 19.1 Å². The van der Waals surface area contributed by atoms with Gasteiger partial charge in [0.2, 0.25) is 0 Å². The highest BCUT2D eigenvalue weighted by molar-refractivity contribution is 5.92. The first-order valence-electron chi connectivity index (χ1n) is 10.4. The van der Waals surface area contributed by atoms with Crippen LogP contribution in [0.2, 0.25) is 0 Å². The molecule has 160 valence electrons. The van der Waals surface area contributed by atoms with Gasteiger partial charge in [0.15, 0.2) is 0 Å². The van der Waals surface area contributed by atoms with Crippen LogP contribution >= 0.6 is 0 Å². The van der Waals surface area contributed by atoms with E-state index in [-0.39, 0.29) is 19.3 Å². The van der Waals surface area contributed by atoms with Crippen molar-refractivity contribution < 1.29 is 11.0 Å². The number of methoxy groups -OCH3 is 1. The van der Waals surface area contributed by atoms with Crippen molar-refractivity contribution in [3.05, 3.63) is 47.5 Å². The number of hydrogen-bond donors (Lipinski definition) is 1. The Hall–Kier alpha value is -3.14. The molecule has 30 heavy (non-hydrogen) atoms. The Kier molecular flexibility index (Phi) is 6.88. The molecule has 0 spiro atoms. The Morgan fingerprint density at radius 2 is 2.00 bits per heavy atom. The summed E-state index contributed by atoms with van der Waals surface area (Å²) < 4.78 is 5.33. The number of ether oxygens (including phenoxy) is 1. The molecule has 1 amide bonds. The molecular weight excluding hydrogens is 378 g/mol. The van der Waals surface area contributed by atoms with Gasteiger partial charge in [-0.2, -0.15) is 5.26 Å². The molecule has 1 aromatic carbocycles. The number of amides is 1. The minimum atomic E-state index is -0.161. The van der Waals surface area contributed by atoms with Crippen LogP contribution in [0.15, 0.2) is 30.6 Å². The van der Waals surface area contributed by atoms with Gasteiger partial charge in [-0.3, -0.25) is 9.78 Å². The molecule has 1 saturated carbocycles. The van der Waals surface area contributed by atoms with Gasteiger partial charge in [-0.25, -0.2) is 4.98 Å². The Labute approximate surface area is 179 Å². The number of carbonyl (C=O) groups is 1. The number of anilines is 1. The number of nitrogens with one attached hydrogen (secondary N) is 1. The fraction of sp³-hybridized carbons (Fsp3) is 0.478. The lowest BCUT2D eigenvalue weighted by Gasteiger charge is -2.36. The van der Waals surface area contributed by atoms with Crippen molar-refractivity contribution in [2.24, 2.45) is 0 Å². The maximum Gasteiger partial charge on any atom is 0.271 e. The zero-order valence-electron chi connectivity index (χ0n) is 18.1. The predicted molar refractivity (Wildman–Crippen MR) is 118 cm³/mol. The fourth-order valence-electron chi connectivity index (χ4n) is 3.82. The molecule has 7 nitrogen and oxygen atoms in total. The molecule has 7 heteroatoms. The molecular formula is C23H31N5O2. The summed E-state index contributed by atoms with van der Waals surface area (Å²) in [5.41, 5.74) is 2.81. The summed E-state index contributed by atoms with van der Waals surface area (Å²) in [7, 11) is 3.64. The van der Waals surface area contributed by atoms with Gasteiger partial charge >= 0.3 is 0 Å². The second kappa shape index (κ2) is 9.57. The number of hydrogen-bond acceptors (Lipinski definition) is 6. The van der Waals surface area contributed by atoms with Gasteiger partial charge in [0.05, 0.1) is 24.6 Å². The average molecular weight is 410 g/mol. The third-order valence-electron chi connectivity index (χ3n) is 5.79. The molecule has 1 heterocycles. The largest absolute Gasteiger partial charge is 0.495 e. The van der Waals surface area contributed by atoms with Crippen LogP contribution in [-0.2, 0) is 0 Å². The zero-order valence-corrected chi connectivity index (χ0v) is 18.1. The van der Waals surface area contributed by atoms with Gasteiger partial charge in [0.1, 0.15) is 17.5 Å². The summed E-state index contributed by atoms with van der Waals surface area (Å²) in [5, 5.41) is 12.3. The van der Waals surface area contributed by atoms with Crippen molar-refractivity contribution in [3.8, 4) is 11.8 Å². The maximum absolute atomic E-state index is 12.5. The summed E-state index contributed by atoms with van der Waals surface area (Å²) >= 11 is 0. The van der Waals surface area contributed by atoms with Crippen molar-refractivity contribution in [1.82, 2.24) is 15.3 Å². The van der Waals surface area contributed by atoms with Crippen molar-refractivity contribution in [2.45, 2.75) is 57.5 Å². The Morgan fingerprint density at radius 1 is 1.27 bits per heavy atom. The fourth-order valence-corrected chi connectivity index (χ4v) is 3.82. The topological polar surface area (TPSA) is 91.1 Å². The van der Waals surface area contributed by atoms with E-state index in [1.807, 2.05) is 26.0 Å². The van der Waals surface area contributed by atoms with Crippen LogP contribution in [0.1, 0.15) is 68.6 Å². The van der Waals surface area contributed by atoms with E-state index in [9.17, 15) is 4.79 Å². The molecule has 0 atom stereocenters. The highest BCUT2D eigenvalue weighted by Crippen LogP contribution is 2.30. The summed E-state index contributed by atoms with van der Waals surface area (Å²) in [6.07, 6.45) is 7.00. The first kappa shape index (κ1) is 21.6. The van der Waals surface area contributed by atoms with Gasteiger partial charge < -0.3 is 15.0 Å². The van der Waals surface area contributed by atoms with E-state index in [1.54, 1.807) is 25.6 Å². The van der Waals surface area contributed by atoms with Gasteiger partial charge in [0, 0.05) is 38.5 Å². The van der Waals surface area contributed by atoms with Crippen LogP contribution in [0.5, 0.6) is 5.75 Å². The molecule has 1 fully saturated rings. The van der Waals surface area contributed by atoms with E-state index in [4.69, 9.17) is 10.00 Å². The minimum absolute atomic E-state index is 0. The third-order valence-corrected chi connectivity index (χ3v) is 5.79. The van der Waals surface area contributed by atoms with Gasteiger partial charge in [-0.05, 0) is 43.7 Å². The standard InChI is InChI=1S/C23H29N5O2.H2/c1-15(2)20-13-26-21(14-25-20)23(29)27-17-6-9-18(10-7-17)28(3)19-8-5-16(12-24)22(11-19)30-4;/h5,8,11,13-15,17-18H,6-7,9-10H2,1-4H3,(H,27,29);1H. The summed E-state index contributed by atoms with van der Waals surface area (Å²) in [4.78, 5) is 23.3. The Morgan fingerprint density at radius 3 is 2.57 bits per heavy atom. The SMILES string of the molecule is COc1cc(N(C)C2CCC(NC(=O)c3cnc(C(C)C)cn3)CC2)ccc1C#N.[HH]. The third kappa shape index (κ3) is 4.88. The van der Waals surface area contributed by atoms with Crippen LogP contribution < -0.4 is 15.0 Å². The predicted octanol–water partition coefficient (Wildman–Crippen LogP) is 3.90. The zero-order chi connectivity index (χ0) is 21.7. The lowest BCUT2D eigenvalue weighted by atomic mass is 9.90. The second-order valence-corrected chi connectivity index (χ2v) is 8.07. The van der Waals surface area contributed by atoms with Crippen molar-refractivity contribution in [1.29, 1.82) is 5.26 Å². The molecule has 0 bridgehead atoms.